The summed E-state index contributed by atoms with van der Waals surface area (Å²) in [7, 11) is 0. The van der Waals surface area contributed by atoms with E-state index >= 15 is 0 Å². The van der Waals surface area contributed by atoms with Crippen molar-refractivity contribution < 1.29 is 69.7 Å². The van der Waals surface area contributed by atoms with Crippen molar-refractivity contribution in [3.05, 3.63) is 47.6 Å². The number of hydrogen-bond donors (Lipinski definition) is 9. The Morgan fingerprint density at radius 1 is 0.870 bits per heavy atom. The number of aliphatic hydroxyl groups is 8. The largest absolute Gasteiger partial charge is 0.478 e. The van der Waals surface area contributed by atoms with Gasteiger partial charge in [-0.2, -0.15) is 0 Å². The van der Waals surface area contributed by atoms with Gasteiger partial charge in [-0.25, -0.2) is 4.79 Å². The van der Waals surface area contributed by atoms with E-state index in [2.05, 4.69) is 6.58 Å². The van der Waals surface area contributed by atoms with Crippen LogP contribution in [0.15, 0.2) is 47.6 Å². The lowest BCUT2D eigenvalue weighted by Gasteiger charge is -2.47. The minimum atomic E-state index is -1.78. The first-order valence-electron chi connectivity index (χ1n) is 15.4. The van der Waals surface area contributed by atoms with E-state index in [1.54, 1.807) is 6.92 Å². The Morgan fingerprint density at radius 2 is 1.43 bits per heavy atom. The predicted octanol–water partition coefficient (Wildman–Crippen LogP) is -0.193. The molecule has 12 unspecified atom stereocenters. The summed E-state index contributed by atoms with van der Waals surface area (Å²) in [5.41, 5.74) is 1.05. The maximum Gasteiger partial charge on any atom is 0.331 e. The van der Waals surface area contributed by atoms with Gasteiger partial charge in [0, 0.05) is 5.57 Å². The molecule has 2 aliphatic rings. The monoisotopic (exact) mass is 660 g/mol. The van der Waals surface area contributed by atoms with Crippen LogP contribution < -0.4 is 0 Å². The van der Waals surface area contributed by atoms with Crippen LogP contribution in [0.2, 0.25) is 0 Å². The number of aliphatic hydroxyl groups excluding tert-OH is 8. The highest BCUT2D eigenvalue weighted by Crippen LogP contribution is 2.33. The zero-order valence-electron chi connectivity index (χ0n) is 26.9. The molecule has 14 nitrogen and oxygen atoms in total. The highest BCUT2D eigenvalue weighted by molar-refractivity contribution is 5.85. The molecule has 2 aliphatic heterocycles. The SMILES string of the molecule is C=CC(C)(CC/C=C(\C)CC/C=C(\C)CC(O)/C=C(\C)C(=O)O)OC1OC(CO)C(O)C(O)C1OC1OC(CO)C(O)C(O)C1O. The second-order valence-corrected chi connectivity index (χ2v) is 12.2. The van der Waals surface area contributed by atoms with E-state index in [-0.39, 0.29) is 5.57 Å². The Balaban J connectivity index is 2.06. The van der Waals surface area contributed by atoms with Crippen molar-refractivity contribution in [3.63, 3.8) is 0 Å². The van der Waals surface area contributed by atoms with Crippen molar-refractivity contribution in [1.82, 2.24) is 0 Å². The molecule has 2 rings (SSSR count). The summed E-state index contributed by atoms with van der Waals surface area (Å²) in [4.78, 5) is 10.9. The Kier molecular flexibility index (Phi) is 16.1. The van der Waals surface area contributed by atoms with Crippen molar-refractivity contribution in [3.8, 4) is 0 Å². The lowest BCUT2D eigenvalue weighted by atomic mass is 9.95. The number of rotatable bonds is 17. The molecule has 9 N–H and O–H groups in total. The van der Waals surface area contributed by atoms with E-state index in [1.807, 2.05) is 26.0 Å². The van der Waals surface area contributed by atoms with Crippen LogP contribution in [0.3, 0.4) is 0 Å². The van der Waals surface area contributed by atoms with Crippen LogP contribution in [-0.4, -0.2) is 138 Å². The standard InChI is InChI=1S/C32H52O14/c1-6-32(5,12-8-11-17(2)9-7-10-18(3)13-20(35)14-19(4)29(41)42)46-31-28(26(39)24(37)22(16-34)44-31)45-30-27(40)25(38)23(36)21(15-33)43-30/h6,10-11,14,20-28,30-31,33-40H,1,7-9,12-13,15-16H2,2-5H3,(H,41,42)/b17-11+,18-10+,19-14+. The average molecular weight is 661 g/mol. The number of carboxylic acids is 1. The maximum absolute atomic E-state index is 10.9. The molecule has 0 amide bonds. The van der Waals surface area contributed by atoms with E-state index in [0.29, 0.717) is 25.7 Å². The first kappa shape index (κ1) is 40.1. The topological polar surface area (TPSA) is 236 Å². The number of ether oxygens (including phenoxy) is 4. The number of carboxylic acid groups (broad SMARTS) is 1. The lowest BCUT2D eigenvalue weighted by molar-refractivity contribution is -0.375. The van der Waals surface area contributed by atoms with Gasteiger partial charge < -0.3 is 64.9 Å². The Hall–Kier alpha value is -2.05. The van der Waals surface area contributed by atoms with Crippen LogP contribution >= 0.6 is 0 Å². The molecule has 0 bridgehead atoms. The van der Waals surface area contributed by atoms with Crippen molar-refractivity contribution in [2.45, 2.75) is 133 Å². The summed E-state index contributed by atoms with van der Waals surface area (Å²) in [5, 5.41) is 90.3. The summed E-state index contributed by atoms with van der Waals surface area (Å²) in [6.45, 7) is 9.51. The normalized spacial score (nSPS) is 35.0. The molecule has 0 aromatic heterocycles. The highest BCUT2D eigenvalue weighted by Gasteiger charge is 2.51. The Bertz CT molecular complexity index is 1070. The molecule has 0 aromatic carbocycles. The fourth-order valence-corrected chi connectivity index (χ4v) is 5.19. The number of allylic oxidation sites excluding steroid dienone is 3. The number of aliphatic carboxylic acids is 1. The maximum atomic E-state index is 10.9. The van der Waals surface area contributed by atoms with Gasteiger partial charge in [0.15, 0.2) is 12.6 Å². The van der Waals surface area contributed by atoms with E-state index in [0.717, 1.165) is 17.6 Å². The fraction of sp³-hybridized carbons (Fsp3) is 0.719. The van der Waals surface area contributed by atoms with Crippen LogP contribution in [0.5, 0.6) is 0 Å². The molecule has 14 heteroatoms. The van der Waals surface area contributed by atoms with Gasteiger partial charge in [0.1, 0.15) is 48.8 Å². The molecular weight excluding hydrogens is 608 g/mol. The van der Waals surface area contributed by atoms with Crippen LogP contribution in [0.1, 0.15) is 59.8 Å². The van der Waals surface area contributed by atoms with Crippen molar-refractivity contribution in [2.75, 3.05) is 13.2 Å². The lowest BCUT2D eigenvalue weighted by Crippen LogP contribution is -2.65. The third-order valence-electron chi connectivity index (χ3n) is 8.26. The molecule has 2 saturated heterocycles. The smallest absolute Gasteiger partial charge is 0.331 e. The molecule has 46 heavy (non-hydrogen) atoms. The van der Waals surface area contributed by atoms with Gasteiger partial charge in [-0.05, 0) is 65.9 Å². The Morgan fingerprint density at radius 3 is 2.00 bits per heavy atom. The van der Waals surface area contributed by atoms with E-state index < -0.39 is 92.3 Å². The van der Waals surface area contributed by atoms with Gasteiger partial charge in [-0.15, -0.1) is 6.58 Å². The molecule has 12 atom stereocenters. The Labute approximate surface area is 269 Å². The van der Waals surface area contributed by atoms with Crippen LogP contribution in [-0.2, 0) is 23.7 Å². The second-order valence-electron chi connectivity index (χ2n) is 12.2. The van der Waals surface area contributed by atoms with Gasteiger partial charge in [0.2, 0.25) is 0 Å². The minimum absolute atomic E-state index is 0.0865. The van der Waals surface area contributed by atoms with Gasteiger partial charge in [-0.3, -0.25) is 0 Å². The molecule has 0 radical (unpaired) electrons. The van der Waals surface area contributed by atoms with Gasteiger partial charge in [0.25, 0.3) is 0 Å². The van der Waals surface area contributed by atoms with E-state index in [4.69, 9.17) is 24.1 Å². The zero-order chi connectivity index (χ0) is 34.8. The molecule has 0 spiro atoms. The quantitative estimate of drug-likeness (QED) is 0.0727. The van der Waals surface area contributed by atoms with E-state index in [1.165, 1.54) is 19.1 Å². The molecule has 264 valence electrons. The number of carbonyl (C=O) groups is 1. The van der Waals surface area contributed by atoms with Gasteiger partial charge >= 0.3 is 5.97 Å². The van der Waals surface area contributed by atoms with E-state index in [9.17, 15) is 45.6 Å². The predicted molar refractivity (Wildman–Crippen MR) is 164 cm³/mol. The molecule has 2 fully saturated rings. The highest BCUT2D eigenvalue weighted by atomic mass is 16.8. The molecule has 0 aromatic rings. The molecule has 2 heterocycles. The average Bonchev–Trinajstić information content (AvgIpc) is 3.00. The third kappa shape index (κ3) is 11.3. The molecular formula is C32H52O14. The first-order valence-corrected chi connectivity index (χ1v) is 15.4. The van der Waals surface area contributed by atoms with Crippen LogP contribution in [0.25, 0.3) is 0 Å². The third-order valence-corrected chi connectivity index (χ3v) is 8.26. The molecule has 0 saturated carbocycles. The van der Waals surface area contributed by atoms with Crippen LogP contribution in [0, 0.1) is 0 Å². The summed E-state index contributed by atoms with van der Waals surface area (Å²) in [6, 6.07) is 0. The summed E-state index contributed by atoms with van der Waals surface area (Å²) >= 11 is 0. The summed E-state index contributed by atoms with van der Waals surface area (Å²) < 4.78 is 23.1. The number of hydrogen-bond acceptors (Lipinski definition) is 13. The van der Waals surface area contributed by atoms with Gasteiger partial charge in [0.05, 0.1) is 24.9 Å². The minimum Gasteiger partial charge on any atom is -0.478 e. The fourth-order valence-electron chi connectivity index (χ4n) is 5.19. The molecule has 0 aliphatic carbocycles. The summed E-state index contributed by atoms with van der Waals surface area (Å²) in [6.07, 6.45) is -6.76. The van der Waals surface area contributed by atoms with Crippen LogP contribution in [0.4, 0.5) is 0 Å². The van der Waals surface area contributed by atoms with Crippen molar-refractivity contribution in [1.29, 1.82) is 0 Å². The van der Waals surface area contributed by atoms with Gasteiger partial charge in [-0.1, -0.05) is 29.4 Å². The summed E-state index contributed by atoms with van der Waals surface area (Å²) in [5.74, 6) is -1.07. The van der Waals surface area contributed by atoms with Crippen molar-refractivity contribution in [2.24, 2.45) is 0 Å². The second kappa shape index (κ2) is 18.5. The van der Waals surface area contributed by atoms with Crippen molar-refractivity contribution >= 4 is 5.97 Å². The zero-order valence-corrected chi connectivity index (χ0v) is 26.9. The first-order chi connectivity index (χ1) is 21.6.